The fraction of sp³-hybridized carbons (Fsp3) is 0.833. The average Bonchev–Trinajstić information content (AvgIpc) is 2.18. The van der Waals surface area contributed by atoms with Gasteiger partial charge in [0.2, 0.25) is 5.91 Å². The fourth-order valence-electron chi connectivity index (χ4n) is 2.18. The third kappa shape index (κ3) is 4.07. The van der Waals surface area contributed by atoms with E-state index in [0.29, 0.717) is 0 Å². The summed E-state index contributed by atoms with van der Waals surface area (Å²) in [5, 5.41) is 23.6. The Balaban J connectivity index is 2.53. The highest BCUT2D eigenvalue weighted by Gasteiger charge is 2.50. The molecule has 0 saturated heterocycles. The van der Waals surface area contributed by atoms with Gasteiger partial charge < -0.3 is 20.3 Å². The highest BCUT2D eigenvalue weighted by molar-refractivity contribution is 5.81. The Bertz CT molecular complexity index is 358. The van der Waals surface area contributed by atoms with Crippen LogP contribution in [0.4, 0.5) is 4.79 Å². The molecule has 110 valence electrons. The first-order valence-corrected chi connectivity index (χ1v) is 6.15. The lowest BCUT2D eigenvalue weighted by Crippen LogP contribution is -2.62. The van der Waals surface area contributed by atoms with Crippen LogP contribution in [0.15, 0.2) is 0 Å². The summed E-state index contributed by atoms with van der Waals surface area (Å²) < 4.78 is 5.11. The first-order valence-electron chi connectivity index (χ1n) is 6.15. The summed E-state index contributed by atoms with van der Waals surface area (Å²) in [7, 11) is 1.40. The van der Waals surface area contributed by atoms with Crippen molar-refractivity contribution in [2.45, 2.75) is 51.0 Å². The van der Waals surface area contributed by atoms with E-state index in [1.54, 1.807) is 0 Å². The second-order valence-corrected chi connectivity index (χ2v) is 5.98. The number of hydrogen-bond donors (Lipinski definition) is 4. The fourth-order valence-corrected chi connectivity index (χ4v) is 2.18. The molecule has 7 nitrogen and oxygen atoms in total. The lowest BCUT2D eigenvalue weighted by molar-refractivity contribution is -0.161. The molecule has 1 saturated carbocycles. The molecular formula is C12H22N2O5. The number of methoxy groups -OCH3 is 1. The summed E-state index contributed by atoms with van der Waals surface area (Å²) in [5.74, 6) is -0.758. The van der Waals surface area contributed by atoms with Crippen LogP contribution in [-0.4, -0.2) is 46.7 Å². The van der Waals surface area contributed by atoms with Crippen LogP contribution in [-0.2, 0) is 9.53 Å². The van der Waals surface area contributed by atoms with E-state index in [1.165, 1.54) is 7.11 Å². The van der Waals surface area contributed by atoms with Gasteiger partial charge in [0.05, 0.1) is 0 Å². The van der Waals surface area contributed by atoms with Crippen molar-refractivity contribution in [3.8, 4) is 0 Å². The molecule has 1 unspecified atom stereocenters. The van der Waals surface area contributed by atoms with E-state index in [2.05, 4.69) is 10.6 Å². The van der Waals surface area contributed by atoms with Crippen LogP contribution in [0, 0.1) is 5.92 Å². The van der Waals surface area contributed by atoms with Crippen molar-refractivity contribution < 1.29 is 24.5 Å². The zero-order valence-electron chi connectivity index (χ0n) is 11.7. The van der Waals surface area contributed by atoms with Crippen molar-refractivity contribution in [1.82, 2.24) is 10.6 Å². The van der Waals surface area contributed by atoms with Gasteiger partial charge in [-0.2, -0.15) is 0 Å². The van der Waals surface area contributed by atoms with Crippen molar-refractivity contribution in [3.05, 3.63) is 0 Å². The van der Waals surface area contributed by atoms with Crippen LogP contribution >= 0.6 is 0 Å². The monoisotopic (exact) mass is 274 g/mol. The molecule has 0 heterocycles. The molecule has 1 aliphatic rings. The molecule has 2 amide bonds. The summed E-state index contributed by atoms with van der Waals surface area (Å²) in [6, 6.07) is 0. The van der Waals surface area contributed by atoms with Gasteiger partial charge >= 0.3 is 6.09 Å². The molecule has 0 aliphatic heterocycles. The van der Waals surface area contributed by atoms with E-state index in [-0.39, 0.29) is 18.8 Å². The minimum atomic E-state index is -1.19. The number of carbonyl (C=O) groups is 2. The summed E-state index contributed by atoms with van der Waals surface area (Å²) >= 11 is 0. The van der Waals surface area contributed by atoms with Crippen LogP contribution in [0.1, 0.15) is 33.6 Å². The normalized spacial score (nSPS) is 28.2. The van der Waals surface area contributed by atoms with E-state index in [4.69, 9.17) is 9.84 Å². The molecule has 1 rings (SSSR count). The van der Waals surface area contributed by atoms with Crippen LogP contribution in [0.5, 0.6) is 0 Å². The largest absolute Gasteiger partial charge is 0.465 e. The van der Waals surface area contributed by atoms with Crippen LogP contribution in [0.25, 0.3) is 0 Å². The first-order chi connectivity index (χ1) is 8.58. The highest BCUT2D eigenvalue weighted by Crippen LogP contribution is 2.40. The van der Waals surface area contributed by atoms with E-state index in [1.807, 2.05) is 20.8 Å². The van der Waals surface area contributed by atoms with Crippen molar-refractivity contribution >= 4 is 12.0 Å². The van der Waals surface area contributed by atoms with E-state index < -0.39 is 29.4 Å². The van der Waals surface area contributed by atoms with Gasteiger partial charge in [-0.05, 0) is 20.8 Å². The second-order valence-electron chi connectivity index (χ2n) is 5.98. The predicted octanol–water partition coefficient (Wildman–Crippen LogP) is 0.282. The zero-order valence-corrected chi connectivity index (χ0v) is 11.7. The van der Waals surface area contributed by atoms with Gasteiger partial charge in [0, 0.05) is 31.4 Å². The van der Waals surface area contributed by atoms with Gasteiger partial charge in [-0.3, -0.25) is 10.1 Å². The van der Waals surface area contributed by atoms with E-state index in [0.717, 1.165) is 0 Å². The maximum Gasteiger partial charge on any atom is 0.406 e. The molecule has 0 bridgehead atoms. The molecule has 0 spiro atoms. The van der Waals surface area contributed by atoms with Gasteiger partial charge in [-0.1, -0.05) is 0 Å². The van der Waals surface area contributed by atoms with E-state index >= 15 is 0 Å². The third-order valence-electron chi connectivity index (χ3n) is 3.12. The number of aliphatic hydroxyl groups is 1. The molecule has 4 N–H and O–H groups in total. The number of nitrogens with one attached hydrogen (secondary N) is 2. The number of carboxylic acid groups (broad SMARTS) is 1. The van der Waals surface area contributed by atoms with Crippen molar-refractivity contribution in [1.29, 1.82) is 0 Å². The minimum Gasteiger partial charge on any atom is -0.465 e. The predicted molar refractivity (Wildman–Crippen MR) is 67.5 cm³/mol. The molecule has 1 atom stereocenters. The maximum absolute atomic E-state index is 11.8. The lowest BCUT2D eigenvalue weighted by Gasteiger charge is -2.47. The number of amides is 2. The Morgan fingerprint density at radius 1 is 1.37 bits per heavy atom. The molecule has 0 radical (unpaired) electrons. The Labute approximate surface area is 112 Å². The molecule has 7 heteroatoms. The molecule has 1 aliphatic carbocycles. The average molecular weight is 274 g/mol. The number of ether oxygens (including phenoxy) is 1. The standard InChI is InChI=1S/C12H22N2O5/c1-11(2,3)13-9(16)8(15)7-5-12(6-7,19-4)14-10(17)18/h7-8,14-15H,5-6H2,1-4H3,(H,13,16)(H,17,18). The van der Waals surface area contributed by atoms with Gasteiger partial charge in [0.15, 0.2) is 0 Å². The van der Waals surface area contributed by atoms with Gasteiger partial charge in [0.25, 0.3) is 0 Å². The summed E-state index contributed by atoms with van der Waals surface area (Å²) in [6.45, 7) is 5.47. The van der Waals surface area contributed by atoms with Gasteiger partial charge in [-0.15, -0.1) is 0 Å². The Hall–Kier alpha value is -1.34. The van der Waals surface area contributed by atoms with Gasteiger partial charge in [-0.25, -0.2) is 4.79 Å². The van der Waals surface area contributed by atoms with Crippen LogP contribution in [0.3, 0.4) is 0 Å². The topological polar surface area (TPSA) is 108 Å². The van der Waals surface area contributed by atoms with Crippen LogP contribution in [0.2, 0.25) is 0 Å². The quantitative estimate of drug-likeness (QED) is 0.551. The Kier molecular flexibility index (Phi) is 4.42. The van der Waals surface area contributed by atoms with Crippen LogP contribution < -0.4 is 10.6 Å². The highest BCUT2D eigenvalue weighted by atomic mass is 16.5. The lowest BCUT2D eigenvalue weighted by atomic mass is 9.73. The molecule has 0 aromatic rings. The third-order valence-corrected chi connectivity index (χ3v) is 3.12. The molecular weight excluding hydrogens is 252 g/mol. The smallest absolute Gasteiger partial charge is 0.406 e. The Morgan fingerprint density at radius 2 is 1.89 bits per heavy atom. The molecule has 0 aromatic heterocycles. The summed E-state index contributed by atoms with van der Waals surface area (Å²) in [5.41, 5.74) is -1.40. The number of hydrogen-bond acceptors (Lipinski definition) is 4. The Morgan fingerprint density at radius 3 is 2.26 bits per heavy atom. The van der Waals surface area contributed by atoms with Crippen molar-refractivity contribution in [2.75, 3.05) is 7.11 Å². The molecule has 19 heavy (non-hydrogen) atoms. The molecule has 0 aromatic carbocycles. The molecule has 1 fully saturated rings. The number of rotatable bonds is 4. The van der Waals surface area contributed by atoms with Crippen molar-refractivity contribution in [3.63, 3.8) is 0 Å². The minimum absolute atomic E-state index is 0.272. The SMILES string of the molecule is COC1(NC(=O)O)CC(C(O)C(=O)NC(C)(C)C)C1. The second kappa shape index (κ2) is 5.34. The number of carbonyl (C=O) groups excluding carboxylic acids is 1. The van der Waals surface area contributed by atoms with E-state index in [9.17, 15) is 14.7 Å². The first kappa shape index (κ1) is 15.7. The summed E-state index contributed by atoms with van der Waals surface area (Å²) in [6.07, 6.45) is -1.80. The van der Waals surface area contributed by atoms with Gasteiger partial charge in [0.1, 0.15) is 11.8 Å². The maximum atomic E-state index is 11.8. The van der Waals surface area contributed by atoms with Crippen molar-refractivity contribution in [2.24, 2.45) is 5.92 Å². The summed E-state index contributed by atoms with van der Waals surface area (Å²) in [4.78, 5) is 22.4. The number of aliphatic hydroxyl groups excluding tert-OH is 1. The zero-order chi connectivity index (χ0) is 14.8.